The van der Waals surface area contributed by atoms with E-state index >= 15 is 0 Å². The summed E-state index contributed by atoms with van der Waals surface area (Å²) in [5.41, 5.74) is 2.36. The molecule has 0 bridgehead atoms. The van der Waals surface area contributed by atoms with Gasteiger partial charge in [-0.15, -0.1) is 0 Å². The van der Waals surface area contributed by atoms with Gasteiger partial charge in [-0.05, 0) is 19.3 Å². The molecule has 6 heteroatoms. The number of amides is 2. The molecule has 1 aromatic heterocycles. The molecule has 6 nitrogen and oxygen atoms in total. The van der Waals surface area contributed by atoms with E-state index in [0.717, 1.165) is 36.9 Å². The van der Waals surface area contributed by atoms with Crippen LogP contribution in [0.25, 0.3) is 0 Å². The van der Waals surface area contributed by atoms with Crippen LogP contribution in [0.3, 0.4) is 0 Å². The summed E-state index contributed by atoms with van der Waals surface area (Å²) < 4.78 is 0. The summed E-state index contributed by atoms with van der Waals surface area (Å²) in [7, 11) is 0. The highest BCUT2D eigenvalue weighted by Crippen LogP contribution is 2.23. The van der Waals surface area contributed by atoms with E-state index in [1.165, 1.54) is 19.3 Å². The highest BCUT2D eigenvalue weighted by Gasteiger charge is 2.30. The molecule has 2 aliphatic rings. The molecule has 2 heterocycles. The summed E-state index contributed by atoms with van der Waals surface area (Å²) >= 11 is 0. The van der Waals surface area contributed by atoms with Gasteiger partial charge in [-0.1, -0.05) is 33.1 Å². The van der Waals surface area contributed by atoms with Crippen LogP contribution in [0.15, 0.2) is 0 Å². The van der Waals surface area contributed by atoms with Gasteiger partial charge in [0.1, 0.15) is 0 Å². The van der Waals surface area contributed by atoms with Gasteiger partial charge in [-0.25, -0.2) is 0 Å². The van der Waals surface area contributed by atoms with Crippen molar-refractivity contribution in [1.82, 2.24) is 20.4 Å². The van der Waals surface area contributed by atoms with Crippen molar-refractivity contribution < 1.29 is 9.59 Å². The Morgan fingerprint density at radius 3 is 2.79 bits per heavy atom. The molecule has 24 heavy (non-hydrogen) atoms. The average molecular weight is 332 g/mol. The molecule has 1 aromatic rings. The van der Waals surface area contributed by atoms with Crippen LogP contribution >= 0.6 is 0 Å². The fourth-order valence-corrected chi connectivity index (χ4v) is 3.66. The van der Waals surface area contributed by atoms with Gasteiger partial charge < -0.3 is 10.2 Å². The van der Waals surface area contributed by atoms with Gasteiger partial charge in [0.05, 0.1) is 0 Å². The first-order chi connectivity index (χ1) is 11.6. The Morgan fingerprint density at radius 1 is 1.33 bits per heavy atom. The van der Waals surface area contributed by atoms with Crippen molar-refractivity contribution in [3.63, 3.8) is 0 Å². The Balaban J connectivity index is 1.70. The number of hydrogen-bond donors (Lipinski definition) is 2. The SMILES string of the molecule is CCC(C)C(=O)N1CCc2[nH]nc(C(=O)NC3CCCCC3)c2C1. The van der Waals surface area contributed by atoms with Crippen LogP contribution < -0.4 is 5.32 Å². The number of fused-ring (bicyclic) bond motifs is 1. The van der Waals surface area contributed by atoms with Crippen LogP contribution in [0.1, 0.15) is 74.1 Å². The van der Waals surface area contributed by atoms with E-state index < -0.39 is 0 Å². The molecule has 1 unspecified atom stereocenters. The average Bonchev–Trinajstić information content (AvgIpc) is 3.04. The topological polar surface area (TPSA) is 78.1 Å². The molecule has 2 amide bonds. The number of hydrogen-bond acceptors (Lipinski definition) is 3. The molecular formula is C18H28N4O2. The minimum absolute atomic E-state index is 0.0259. The van der Waals surface area contributed by atoms with Crippen molar-refractivity contribution in [2.45, 2.75) is 71.4 Å². The van der Waals surface area contributed by atoms with Gasteiger partial charge in [-0.2, -0.15) is 5.10 Å². The van der Waals surface area contributed by atoms with E-state index in [1.54, 1.807) is 0 Å². The van der Waals surface area contributed by atoms with E-state index in [9.17, 15) is 9.59 Å². The van der Waals surface area contributed by atoms with Crippen LogP contribution in [0.4, 0.5) is 0 Å². The van der Waals surface area contributed by atoms with Gasteiger partial charge in [0.2, 0.25) is 5.91 Å². The summed E-state index contributed by atoms with van der Waals surface area (Å²) in [5.74, 6) is 0.0956. The lowest BCUT2D eigenvalue weighted by molar-refractivity contribution is -0.136. The highest BCUT2D eigenvalue weighted by molar-refractivity contribution is 5.94. The minimum atomic E-state index is -0.0998. The van der Waals surface area contributed by atoms with E-state index in [0.29, 0.717) is 18.8 Å². The summed E-state index contributed by atoms with van der Waals surface area (Å²) in [6.45, 7) is 5.17. The van der Waals surface area contributed by atoms with Gasteiger partial charge >= 0.3 is 0 Å². The van der Waals surface area contributed by atoms with Crippen molar-refractivity contribution >= 4 is 11.8 Å². The number of aromatic amines is 1. The molecule has 1 aliphatic heterocycles. The molecule has 2 N–H and O–H groups in total. The third-order valence-corrected chi connectivity index (χ3v) is 5.43. The van der Waals surface area contributed by atoms with E-state index in [1.807, 2.05) is 18.7 Å². The Labute approximate surface area is 143 Å². The molecule has 0 saturated heterocycles. The summed E-state index contributed by atoms with van der Waals surface area (Å²) in [6.07, 6.45) is 7.30. The maximum absolute atomic E-state index is 12.6. The molecule has 1 saturated carbocycles. The smallest absolute Gasteiger partial charge is 0.272 e. The number of rotatable bonds is 4. The molecule has 0 aromatic carbocycles. The zero-order chi connectivity index (χ0) is 17.1. The largest absolute Gasteiger partial charge is 0.348 e. The van der Waals surface area contributed by atoms with Crippen molar-refractivity contribution in [3.8, 4) is 0 Å². The highest BCUT2D eigenvalue weighted by atomic mass is 16.2. The predicted octanol–water partition coefficient (Wildman–Crippen LogP) is 2.40. The second-order valence-corrected chi connectivity index (χ2v) is 7.16. The fraction of sp³-hybridized carbons (Fsp3) is 0.722. The summed E-state index contributed by atoms with van der Waals surface area (Å²) in [5, 5.41) is 10.4. The van der Waals surface area contributed by atoms with Crippen molar-refractivity contribution in [2.75, 3.05) is 6.54 Å². The molecule has 1 fully saturated rings. The summed E-state index contributed by atoms with van der Waals surface area (Å²) in [6, 6.07) is 0.264. The maximum Gasteiger partial charge on any atom is 0.272 e. The Hall–Kier alpha value is -1.85. The first kappa shape index (κ1) is 17.0. The minimum Gasteiger partial charge on any atom is -0.348 e. The Kier molecular flexibility index (Phi) is 5.21. The predicted molar refractivity (Wildman–Crippen MR) is 91.5 cm³/mol. The number of nitrogens with zero attached hydrogens (tertiary/aromatic N) is 2. The number of carbonyl (C=O) groups is 2. The van der Waals surface area contributed by atoms with Crippen LogP contribution in [0.2, 0.25) is 0 Å². The number of nitrogens with one attached hydrogen (secondary N) is 2. The zero-order valence-electron chi connectivity index (χ0n) is 14.7. The van der Waals surface area contributed by atoms with Crippen LogP contribution in [0, 0.1) is 5.92 Å². The van der Waals surface area contributed by atoms with E-state index in [4.69, 9.17) is 0 Å². The fourth-order valence-electron chi connectivity index (χ4n) is 3.66. The van der Waals surface area contributed by atoms with E-state index in [2.05, 4.69) is 15.5 Å². The Morgan fingerprint density at radius 2 is 2.08 bits per heavy atom. The maximum atomic E-state index is 12.6. The molecule has 0 spiro atoms. The monoisotopic (exact) mass is 332 g/mol. The first-order valence-corrected chi connectivity index (χ1v) is 9.26. The molecule has 3 rings (SSSR count). The van der Waals surface area contributed by atoms with Gasteiger partial charge in [-0.3, -0.25) is 14.7 Å². The first-order valence-electron chi connectivity index (χ1n) is 9.26. The van der Waals surface area contributed by atoms with Crippen LogP contribution in [0.5, 0.6) is 0 Å². The zero-order valence-corrected chi connectivity index (χ0v) is 14.7. The second-order valence-electron chi connectivity index (χ2n) is 7.16. The lowest BCUT2D eigenvalue weighted by atomic mass is 9.95. The van der Waals surface area contributed by atoms with Crippen molar-refractivity contribution in [3.05, 3.63) is 17.0 Å². The second kappa shape index (κ2) is 7.36. The van der Waals surface area contributed by atoms with Gasteiger partial charge in [0.25, 0.3) is 5.91 Å². The standard InChI is InChI=1S/C18H28N4O2/c1-3-12(2)18(24)22-10-9-15-14(11-22)16(21-20-15)17(23)19-13-7-5-4-6-8-13/h12-13H,3-11H2,1-2H3,(H,19,23)(H,20,21). The quantitative estimate of drug-likeness (QED) is 0.889. The summed E-state index contributed by atoms with van der Waals surface area (Å²) in [4.78, 5) is 26.9. The number of carbonyl (C=O) groups excluding carboxylic acids is 2. The van der Waals surface area contributed by atoms with Crippen LogP contribution in [-0.4, -0.2) is 39.5 Å². The molecular weight excluding hydrogens is 304 g/mol. The molecule has 1 aliphatic carbocycles. The lowest BCUT2D eigenvalue weighted by Crippen LogP contribution is -2.40. The normalized spacial score (nSPS) is 19.7. The van der Waals surface area contributed by atoms with Gasteiger partial charge in [0.15, 0.2) is 5.69 Å². The lowest BCUT2D eigenvalue weighted by Gasteiger charge is -2.29. The van der Waals surface area contributed by atoms with E-state index in [-0.39, 0.29) is 23.8 Å². The molecule has 132 valence electrons. The molecule has 1 atom stereocenters. The van der Waals surface area contributed by atoms with Crippen LogP contribution in [-0.2, 0) is 17.8 Å². The third-order valence-electron chi connectivity index (χ3n) is 5.43. The Bertz CT molecular complexity index is 604. The van der Waals surface area contributed by atoms with Crippen molar-refractivity contribution in [1.29, 1.82) is 0 Å². The number of aromatic nitrogens is 2. The van der Waals surface area contributed by atoms with Gasteiger partial charge in [0, 0.05) is 42.7 Å². The number of H-pyrrole nitrogens is 1. The van der Waals surface area contributed by atoms with Crippen molar-refractivity contribution in [2.24, 2.45) is 5.92 Å². The molecule has 0 radical (unpaired) electrons. The third kappa shape index (κ3) is 3.47.